The summed E-state index contributed by atoms with van der Waals surface area (Å²) < 4.78 is 22.1. The quantitative estimate of drug-likeness (QED) is 0.889. The van der Waals surface area contributed by atoms with Gasteiger partial charge < -0.3 is 29.2 Å². The van der Waals surface area contributed by atoms with Crippen molar-refractivity contribution < 1.29 is 23.7 Å². The van der Waals surface area contributed by atoms with Crippen LogP contribution in [0.3, 0.4) is 0 Å². The van der Waals surface area contributed by atoms with Gasteiger partial charge in [-0.15, -0.1) is 0 Å². The molecule has 1 N–H and O–H groups in total. The predicted octanol–water partition coefficient (Wildman–Crippen LogP) is 2.49. The Labute approximate surface area is 154 Å². The van der Waals surface area contributed by atoms with Crippen LogP contribution in [0.5, 0.6) is 11.5 Å². The molecule has 2 aliphatic heterocycles. The highest BCUT2D eigenvalue weighted by Crippen LogP contribution is 2.33. The summed E-state index contributed by atoms with van der Waals surface area (Å²) in [6, 6.07) is 5.59. The van der Waals surface area contributed by atoms with Gasteiger partial charge in [0.25, 0.3) is 0 Å². The van der Waals surface area contributed by atoms with E-state index in [0.717, 1.165) is 5.56 Å². The number of nitrogens with one attached hydrogen (secondary N) is 1. The second-order valence-electron chi connectivity index (χ2n) is 7.22. The second-order valence-corrected chi connectivity index (χ2v) is 7.22. The number of carbonyl (C=O) groups excluding carboxylic acids is 1. The fraction of sp³-hybridized carbons (Fsp3) is 0.632. The minimum atomic E-state index is -0.549. The molecular weight excluding hydrogens is 336 g/mol. The van der Waals surface area contributed by atoms with E-state index in [0.29, 0.717) is 50.6 Å². The molecule has 2 aliphatic rings. The maximum absolute atomic E-state index is 12.7. The van der Waals surface area contributed by atoms with Gasteiger partial charge in [0.1, 0.15) is 0 Å². The normalized spacial score (nSPS) is 19.5. The van der Waals surface area contributed by atoms with Gasteiger partial charge in [0.2, 0.25) is 0 Å². The van der Waals surface area contributed by atoms with Crippen LogP contribution >= 0.6 is 0 Å². The van der Waals surface area contributed by atoms with Gasteiger partial charge in [0.15, 0.2) is 17.3 Å². The van der Waals surface area contributed by atoms with E-state index < -0.39 is 11.3 Å². The van der Waals surface area contributed by atoms with Crippen molar-refractivity contribution in [1.29, 1.82) is 0 Å². The summed E-state index contributed by atoms with van der Waals surface area (Å²) in [6.45, 7) is 6.46. The number of amides is 2. The van der Waals surface area contributed by atoms with Gasteiger partial charge in [0.05, 0.1) is 33.0 Å². The lowest BCUT2D eigenvalue weighted by atomic mass is 9.94. The zero-order valence-corrected chi connectivity index (χ0v) is 16.0. The first-order chi connectivity index (χ1) is 12.4. The van der Waals surface area contributed by atoms with E-state index >= 15 is 0 Å². The van der Waals surface area contributed by atoms with Crippen LogP contribution in [0.4, 0.5) is 4.79 Å². The van der Waals surface area contributed by atoms with Crippen LogP contribution in [0.1, 0.15) is 32.3 Å². The van der Waals surface area contributed by atoms with Crippen molar-refractivity contribution >= 4 is 6.03 Å². The van der Waals surface area contributed by atoms with Crippen molar-refractivity contribution in [2.45, 2.75) is 38.0 Å². The molecule has 7 nitrogen and oxygen atoms in total. The average molecular weight is 364 g/mol. The van der Waals surface area contributed by atoms with Gasteiger partial charge in [-0.1, -0.05) is 6.07 Å². The summed E-state index contributed by atoms with van der Waals surface area (Å²) in [4.78, 5) is 14.6. The third-order valence-corrected chi connectivity index (χ3v) is 5.15. The Hall–Kier alpha value is -1.99. The molecule has 3 rings (SSSR count). The molecule has 26 heavy (non-hydrogen) atoms. The highest BCUT2D eigenvalue weighted by Gasteiger charge is 2.41. The molecule has 0 saturated carbocycles. The minimum absolute atomic E-state index is 0.0855. The van der Waals surface area contributed by atoms with Crippen LogP contribution < -0.4 is 14.8 Å². The number of carbonyl (C=O) groups is 1. The van der Waals surface area contributed by atoms with Gasteiger partial charge in [-0.25, -0.2) is 4.79 Å². The van der Waals surface area contributed by atoms with Crippen molar-refractivity contribution in [3.63, 3.8) is 0 Å². The fourth-order valence-electron chi connectivity index (χ4n) is 3.48. The number of hydrogen-bond donors (Lipinski definition) is 1. The molecule has 7 heteroatoms. The molecule has 2 saturated heterocycles. The Balaban J connectivity index is 1.64. The summed E-state index contributed by atoms with van der Waals surface area (Å²) >= 11 is 0. The predicted molar refractivity (Wildman–Crippen MR) is 96.5 cm³/mol. The molecular formula is C19H28N2O5. The molecule has 144 valence electrons. The number of nitrogens with zero attached hydrogens (tertiary/aromatic N) is 1. The van der Waals surface area contributed by atoms with Crippen molar-refractivity contribution in [2.24, 2.45) is 0 Å². The number of likely N-dealkylation sites (tertiary alicyclic amines) is 1. The molecule has 0 bridgehead atoms. The van der Waals surface area contributed by atoms with Crippen molar-refractivity contribution in [2.75, 3.05) is 40.5 Å². The first-order valence-electron chi connectivity index (χ1n) is 8.97. The Morgan fingerprint density at radius 1 is 1.12 bits per heavy atom. The third kappa shape index (κ3) is 3.73. The number of ether oxygens (including phenoxy) is 4. The van der Waals surface area contributed by atoms with Crippen LogP contribution in [0.2, 0.25) is 0 Å². The molecule has 2 heterocycles. The van der Waals surface area contributed by atoms with E-state index in [2.05, 4.69) is 5.32 Å². The summed E-state index contributed by atoms with van der Waals surface area (Å²) in [6.07, 6.45) is 1.41. The minimum Gasteiger partial charge on any atom is -0.493 e. The lowest BCUT2D eigenvalue weighted by molar-refractivity contribution is -0.181. The van der Waals surface area contributed by atoms with Gasteiger partial charge in [-0.2, -0.15) is 0 Å². The van der Waals surface area contributed by atoms with E-state index in [1.807, 2.05) is 36.9 Å². The van der Waals surface area contributed by atoms with Gasteiger partial charge in [0, 0.05) is 25.9 Å². The lowest BCUT2D eigenvalue weighted by Crippen LogP contribution is -2.53. The maximum atomic E-state index is 12.7. The number of methoxy groups -OCH3 is 2. The highest BCUT2D eigenvalue weighted by molar-refractivity contribution is 5.75. The fourth-order valence-corrected chi connectivity index (χ4v) is 3.48. The van der Waals surface area contributed by atoms with Crippen molar-refractivity contribution in [1.82, 2.24) is 10.2 Å². The largest absolute Gasteiger partial charge is 0.493 e. The van der Waals surface area contributed by atoms with Crippen LogP contribution in [-0.4, -0.2) is 57.2 Å². The van der Waals surface area contributed by atoms with Gasteiger partial charge >= 0.3 is 6.03 Å². The molecule has 2 fully saturated rings. The zero-order chi connectivity index (χ0) is 18.8. The SMILES string of the molecule is COc1ccc(C(C)(C)NC(=O)N2CCC3(CC2)OCCO3)cc1OC. The monoisotopic (exact) mass is 364 g/mol. The Bertz CT molecular complexity index is 645. The molecule has 0 unspecified atom stereocenters. The second kappa shape index (κ2) is 7.32. The molecule has 1 aromatic carbocycles. The Morgan fingerprint density at radius 3 is 2.31 bits per heavy atom. The maximum Gasteiger partial charge on any atom is 0.318 e. The number of rotatable bonds is 4. The van der Waals surface area contributed by atoms with Crippen LogP contribution in [-0.2, 0) is 15.0 Å². The first kappa shape index (κ1) is 18.8. The van der Waals surface area contributed by atoms with Crippen LogP contribution in [0, 0.1) is 0 Å². The number of hydrogen-bond acceptors (Lipinski definition) is 5. The van der Waals surface area contributed by atoms with Gasteiger partial charge in [-0.3, -0.25) is 0 Å². The summed E-state index contributed by atoms with van der Waals surface area (Å²) in [7, 11) is 3.20. The van der Waals surface area contributed by atoms with E-state index in [4.69, 9.17) is 18.9 Å². The van der Waals surface area contributed by atoms with E-state index in [1.165, 1.54) is 0 Å². The summed E-state index contributed by atoms with van der Waals surface area (Å²) in [5, 5.41) is 3.12. The molecule has 0 aliphatic carbocycles. The summed E-state index contributed by atoms with van der Waals surface area (Å²) in [5.41, 5.74) is 0.394. The number of piperidine rings is 1. The average Bonchev–Trinajstić information content (AvgIpc) is 3.09. The topological polar surface area (TPSA) is 69.3 Å². The summed E-state index contributed by atoms with van der Waals surface area (Å²) in [5.74, 6) is 0.828. The first-order valence-corrected chi connectivity index (χ1v) is 8.97. The van der Waals surface area contributed by atoms with E-state index in [1.54, 1.807) is 14.2 Å². The smallest absolute Gasteiger partial charge is 0.318 e. The molecule has 0 aromatic heterocycles. The van der Waals surface area contributed by atoms with Crippen LogP contribution in [0.15, 0.2) is 18.2 Å². The van der Waals surface area contributed by atoms with E-state index in [9.17, 15) is 4.79 Å². The molecule has 1 spiro atoms. The lowest BCUT2D eigenvalue weighted by Gasteiger charge is -2.39. The van der Waals surface area contributed by atoms with Crippen LogP contribution in [0.25, 0.3) is 0 Å². The molecule has 1 aromatic rings. The Morgan fingerprint density at radius 2 is 1.73 bits per heavy atom. The van der Waals surface area contributed by atoms with Crippen molar-refractivity contribution in [3.8, 4) is 11.5 Å². The zero-order valence-electron chi connectivity index (χ0n) is 16.0. The third-order valence-electron chi connectivity index (χ3n) is 5.15. The van der Waals surface area contributed by atoms with Crippen molar-refractivity contribution in [3.05, 3.63) is 23.8 Å². The molecule has 2 amide bonds. The number of urea groups is 1. The standard InChI is InChI=1S/C19H28N2O5/c1-18(2,14-5-6-15(23-3)16(13-14)24-4)20-17(22)21-9-7-19(8-10-21)25-11-12-26-19/h5-6,13H,7-12H2,1-4H3,(H,20,22). The van der Waals surface area contributed by atoms with E-state index in [-0.39, 0.29) is 6.03 Å². The number of benzene rings is 1. The Kier molecular flexibility index (Phi) is 5.29. The highest BCUT2D eigenvalue weighted by atomic mass is 16.7. The molecule has 0 radical (unpaired) electrons. The van der Waals surface area contributed by atoms with Gasteiger partial charge in [-0.05, 0) is 31.5 Å². The molecule has 0 atom stereocenters.